The van der Waals surface area contributed by atoms with E-state index in [1.807, 2.05) is 6.92 Å². The van der Waals surface area contributed by atoms with E-state index in [1.54, 1.807) is 12.1 Å². The summed E-state index contributed by atoms with van der Waals surface area (Å²) in [6, 6.07) is 3.17. The van der Waals surface area contributed by atoms with Gasteiger partial charge in [-0.2, -0.15) is 0 Å². The van der Waals surface area contributed by atoms with Crippen LogP contribution in [0, 0.1) is 0 Å². The number of hydrogen-bond acceptors (Lipinski definition) is 3. The van der Waals surface area contributed by atoms with Gasteiger partial charge in [0.05, 0.1) is 22.3 Å². The van der Waals surface area contributed by atoms with Gasteiger partial charge in [0.1, 0.15) is 0 Å². The summed E-state index contributed by atoms with van der Waals surface area (Å²) in [6.45, 7) is 2.77. The molecule has 0 radical (unpaired) electrons. The molecule has 0 aliphatic rings. The molecule has 0 aliphatic carbocycles. The number of nitrogens with one attached hydrogen (secondary N) is 2. The topological polar surface area (TPSA) is 67.2 Å². The average molecular weight is 276 g/mol. The largest absolute Gasteiger partial charge is 0.399 e. The van der Waals surface area contributed by atoms with Crippen LogP contribution in [0.25, 0.3) is 0 Å². The van der Waals surface area contributed by atoms with Crippen LogP contribution in [-0.2, 0) is 4.79 Å². The van der Waals surface area contributed by atoms with Crippen LogP contribution < -0.4 is 16.4 Å². The first-order chi connectivity index (χ1) is 8.04. The van der Waals surface area contributed by atoms with Gasteiger partial charge in [-0.3, -0.25) is 4.79 Å². The van der Waals surface area contributed by atoms with E-state index < -0.39 is 0 Å². The lowest BCUT2D eigenvalue weighted by Gasteiger charge is -2.11. The SMILES string of the molecule is CCCNC(=O)CNc1c(Cl)cc(N)cc1Cl. The normalized spacial score (nSPS) is 10.1. The third-order valence-corrected chi connectivity index (χ3v) is 2.66. The number of benzene rings is 1. The van der Waals surface area contributed by atoms with Crippen molar-refractivity contribution < 1.29 is 4.79 Å². The Labute approximate surface area is 110 Å². The maximum atomic E-state index is 11.4. The van der Waals surface area contributed by atoms with Crippen molar-refractivity contribution in [3.05, 3.63) is 22.2 Å². The van der Waals surface area contributed by atoms with Crippen LogP contribution in [0.4, 0.5) is 11.4 Å². The number of hydrogen-bond donors (Lipinski definition) is 3. The molecule has 6 heteroatoms. The van der Waals surface area contributed by atoms with E-state index in [1.165, 1.54) is 0 Å². The molecule has 1 aromatic rings. The van der Waals surface area contributed by atoms with Crippen molar-refractivity contribution in [2.75, 3.05) is 24.1 Å². The molecule has 0 aromatic heterocycles. The lowest BCUT2D eigenvalue weighted by atomic mass is 10.3. The molecule has 0 aliphatic heterocycles. The van der Waals surface area contributed by atoms with E-state index in [0.717, 1.165) is 6.42 Å². The lowest BCUT2D eigenvalue weighted by molar-refractivity contribution is -0.119. The number of carbonyl (C=O) groups excluding carboxylic acids is 1. The van der Waals surface area contributed by atoms with Crippen molar-refractivity contribution in [1.82, 2.24) is 5.32 Å². The van der Waals surface area contributed by atoms with Crippen molar-refractivity contribution in [1.29, 1.82) is 0 Å². The Balaban J connectivity index is 2.60. The Morgan fingerprint density at radius 2 is 1.94 bits per heavy atom. The van der Waals surface area contributed by atoms with E-state index in [0.29, 0.717) is 28.0 Å². The third kappa shape index (κ3) is 4.32. The van der Waals surface area contributed by atoms with Gasteiger partial charge < -0.3 is 16.4 Å². The Bertz CT molecular complexity index is 387. The van der Waals surface area contributed by atoms with Crippen molar-refractivity contribution in [2.45, 2.75) is 13.3 Å². The van der Waals surface area contributed by atoms with E-state index in [2.05, 4.69) is 10.6 Å². The fourth-order valence-corrected chi connectivity index (χ4v) is 1.89. The average Bonchev–Trinajstić information content (AvgIpc) is 2.24. The highest BCUT2D eigenvalue weighted by molar-refractivity contribution is 6.39. The standard InChI is InChI=1S/C11H15Cl2N3O/c1-2-3-15-10(17)6-16-11-8(12)4-7(14)5-9(11)13/h4-5,16H,2-3,6,14H2,1H3,(H,15,17). The van der Waals surface area contributed by atoms with E-state index in [-0.39, 0.29) is 12.5 Å². The molecule has 94 valence electrons. The maximum Gasteiger partial charge on any atom is 0.239 e. The molecule has 0 heterocycles. The van der Waals surface area contributed by atoms with Gasteiger partial charge in [0, 0.05) is 12.2 Å². The molecule has 1 rings (SSSR count). The summed E-state index contributed by atoms with van der Waals surface area (Å²) in [7, 11) is 0. The molecule has 0 saturated carbocycles. The van der Waals surface area contributed by atoms with Gasteiger partial charge in [0.2, 0.25) is 5.91 Å². The summed E-state index contributed by atoms with van der Waals surface area (Å²) in [4.78, 5) is 11.4. The predicted octanol–water partition coefficient (Wildman–Crippen LogP) is 2.51. The molecular weight excluding hydrogens is 261 g/mol. The Kier molecular flexibility index (Phi) is 5.38. The van der Waals surface area contributed by atoms with E-state index >= 15 is 0 Å². The highest BCUT2D eigenvalue weighted by atomic mass is 35.5. The van der Waals surface area contributed by atoms with Crippen molar-refractivity contribution >= 4 is 40.5 Å². The van der Waals surface area contributed by atoms with Crippen LogP contribution >= 0.6 is 23.2 Å². The summed E-state index contributed by atoms with van der Waals surface area (Å²) in [5.74, 6) is -0.101. The number of rotatable bonds is 5. The van der Waals surface area contributed by atoms with Gasteiger partial charge in [0.15, 0.2) is 0 Å². The van der Waals surface area contributed by atoms with Crippen LogP contribution in [0.3, 0.4) is 0 Å². The zero-order chi connectivity index (χ0) is 12.8. The Morgan fingerprint density at radius 1 is 1.35 bits per heavy atom. The van der Waals surface area contributed by atoms with Crippen molar-refractivity contribution in [3.63, 3.8) is 0 Å². The van der Waals surface area contributed by atoms with Crippen LogP contribution in [0.1, 0.15) is 13.3 Å². The van der Waals surface area contributed by atoms with Gasteiger partial charge >= 0.3 is 0 Å². The summed E-state index contributed by atoms with van der Waals surface area (Å²) >= 11 is 11.9. The van der Waals surface area contributed by atoms with E-state index in [4.69, 9.17) is 28.9 Å². The van der Waals surface area contributed by atoms with Crippen LogP contribution in [0.5, 0.6) is 0 Å². The minimum atomic E-state index is -0.101. The van der Waals surface area contributed by atoms with Crippen molar-refractivity contribution in [3.8, 4) is 0 Å². The first-order valence-electron chi connectivity index (χ1n) is 5.29. The number of anilines is 2. The van der Waals surface area contributed by atoms with Gasteiger partial charge in [-0.05, 0) is 18.6 Å². The Hall–Kier alpha value is -1.13. The number of nitrogens with two attached hydrogens (primary N) is 1. The van der Waals surface area contributed by atoms with Crippen LogP contribution in [-0.4, -0.2) is 19.0 Å². The second kappa shape index (κ2) is 6.57. The first kappa shape index (κ1) is 13.9. The molecule has 4 nitrogen and oxygen atoms in total. The maximum absolute atomic E-state index is 11.4. The van der Waals surface area contributed by atoms with E-state index in [9.17, 15) is 4.79 Å². The second-order valence-electron chi connectivity index (χ2n) is 3.56. The molecular formula is C11H15Cl2N3O. The minimum absolute atomic E-state index is 0.101. The first-order valence-corrected chi connectivity index (χ1v) is 6.05. The highest BCUT2D eigenvalue weighted by Gasteiger charge is 2.08. The predicted molar refractivity (Wildman–Crippen MR) is 72.7 cm³/mol. The quantitative estimate of drug-likeness (QED) is 0.724. The van der Waals surface area contributed by atoms with Crippen LogP contribution in [0.2, 0.25) is 10.0 Å². The summed E-state index contributed by atoms with van der Waals surface area (Å²) in [6.07, 6.45) is 0.898. The molecule has 0 atom stereocenters. The number of carbonyl (C=O) groups is 1. The summed E-state index contributed by atoms with van der Waals surface area (Å²) in [5.41, 5.74) is 6.58. The zero-order valence-electron chi connectivity index (χ0n) is 9.52. The molecule has 4 N–H and O–H groups in total. The van der Waals surface area contributed by atoms with Gasteiger partial charge in [-0.15, -0.1) is 0 Å². The van der Waals surface area contributed by atoms with Crippen molar-refractivity contribution in [2.24, 2.45) is 0 Å². The summed E-state index contributed by atoms with van der Waals surface area (Å²) in [5, 5.41) is 6.43. The number of nitrogen functional groups attached to an aromatic ring is 1. The molecule has 0 spiro atoms. The van der Waals surface area contributed by atoms with Crippen LogP contribution in [0.15, 0.2) is 12.1 Å². The third-order valence-electron chi connectivity index (χ3n) is 2.06. The molecule has 0 bridgehead atoms. The van der Waals surface area contributed by atoms with Gasteiger partial charge in [0.25, 0.3) is 0 Å². The zero-order valence-corrected chi connectivity index (χ0v) is 11.0. The highest BCUT2D eigenvalue weighted by Crippen LogP contribution is 2.32. The Morgan fingerprint density at radius 3 is 2.47 bits per heavy atom. The minimum Gasteiger partial charge on any atom is -0.399 e. The van der Waals surface area contributed by atoms with Gasteiger partial charge in [-0.1, -0.05) is 30.1 Å². The summed E-state index contributed by atoms with van der Waals surface area (Å²) < 4.78 is 0. The van der Waals surface area contributed by atoms with Gasteiger partial charge in [-0.25, -0.2) is 0 Å². The number of halogens is 2. The molecule has 17 heavy (non-hydrogen) atoms. The molecule has 0 fully saturated rings. The molecule has 1 amide bonds. The molecule has 1 aromatic carbocycles. The lowest BCUT2D eigenvalue weighted by Crippen LogP contribution is -2.30. The molecule has 0 unspecified atom stereocenters. The molecule has 0 saturated heterocycles. The fraction of sp³-hybridized carbons (Fsp3) is 0.364. The smallest absolute Gasteiger partial charge is 0.239 e. The second-order valence-corrected chi connectivity index (χ2v) is 4.38. The monoisotopic (exact) mass is 275 g/mol. The fourth-order valence-electron chi connectivity index (χ4n) is 1.26. The number of amides is 1.